The van der Waals surface area contributed by atoms with Gasteiger partial charge >= 0.3 is 0 Å². The maximum atomic E-state index is 14.0. The number of halogens is 1. The van der Waals surface area contributed by atoms with Gasteiger partial charge in [0.15, 0.2) is 0 Å². The first kappa shape index (κ1) is 29.6. The van der Waals surface area contributed by atoms with Crippen molar-refractivity contribution in [3.05, 3.63) is 99.1 Å². The molecular weight excluding hydrogens is 613 g/mol. The molecule has 1 atom stereocenters. The summed E-state index contributed by atoms with van der Waals surface area (Å²) in [5, 5.41) is 2.95. The number of hydrogen-bond acceptors (Lipinski definition) is 4. The van der Waals surface area contributed by atoms with Crippen LogP contribution in [0.25, 0.3) is 0 Å². The van der Waals surface area contributed by atoms with Crippen molar-refractivity contribution in [3.63, 3.8) is 0 Å². The molecule has 2 amide bonds. The van der Waals surface area contributed by atoms with Gasteiger partial charge in [-0.25, -0.2) is 8.42 Å². The van der Waals surface area contributed by atoms with Crippen LogP contribution in [0.15, 0.2) is 78.9 Å². The Morgan fingerprint density at radius 3 is 2.13 bits per heavy atom. The number of sulfonamides is 1. The first-order valence-electron chi connectivity index (χ1n) is 12.4. The molecule has 0 spiro atoms. The van der Waals surface area contributed by atoms with Gasteiger partial charge < -0.3 is 10.2 Å². The standard InChI is InChI=1S/C29H34IN3O4S/c1-21(2)31-29(35)27(18-23-10-6-5-7-11-23)32(19-24-12-8-9-22(3)17-24)28(34)20-33(38(4,36)37)26-15-13-25(30)14-16-26/h5-17,21,27H,18-20H2,1-4H3,(H,31,35)/t27-/m1/s1. The van der Waals surface area contributed by atoms with E-state index >= 15 is 0 Å². The van der Waals surface area contributed by atoms with Crippen molar-refractivity contribution in [3.8, 4) is 0 Å². The lowest BCUT2D eigenvalue weighted by molar-refractivity contribution is -0.140. The highest BCUT2D eigenvalue weighted by Crippen LogP contribution is 2.21. The number of carbonyl (C=O) groups is 2. The highest BCUT2D eigenvalue weighted by molar-refractivity contribution is 14.1. The second-order valence-corrected chi connectivity index (χ2v) is 12.8. The molecule has 0 aromatic heterocycles. The van der Waals surface area contributed by atoms with Crippen LogP contribution < -0.4 is 9.62 Å². The van der Waals surface area contributed by atoms with Crippen LogP contribution in [0.5, 0.6) is 0 Å². The van der Waals surface area contributed by atoms with E-state index < -0.39 is 28.5 Å². The van der Waals surface area contributed by atoms with Gasteiger partial charge in [-0.1, -0.05) is 60.2 Å². The van der Waals surface area contributed by atoms with E-state index in [0.717, 1.165) is 30.8 Å². The van der Waals surface area contributed by atoms with Gasteiger partial charge in [0.05, 0.1) is 11.9 Å². The van der Waals surface area contributed by atoms with Crippen LogP contribution in [0.1, 0.15) is 30.5 Å². The third-order valence-corrected chi connectivity index (χ3v) is 7.79. The van der Waals surface area contributed by atoms with Crippen LogP contribution in [0.4, 0.5) is 5.69 Å². The molecule has 0 radical (unpaired) electrons. The summed E-state index contributed by atoms with van der Waals surface area (Å²) in [7, 11) is -3.78. The smallest absolute Gasteiger partial charge is 0.244 e. The van der Waals surface area contributed by atoms with Crippen LogP contribution in [0, 0.1) is 10.5 Å². The molecule has 0 fully saturated rings. The summed E-state index contributed by atoms with van der Waals surface area (Å²) in [5.41, 5.74) is 3.17. The first-order chi connectivity index (χ1) is 17.9. The van der Waals surface area contributed by atoms with Gasteiger partial charge in [0.1, 0.15) is 12.6 Å². The Labute approximate surface area is 239 Å². The van der Waals surface area contributed by atoms with Gasteiger partial charge in [-0.15, -0.1) is 0 Å². The maximum Gasteiger partial charge on any atom is 0.244 e. The monoisotopic (exact) mass is 647 g/mol. The van der Waals surface area contributed by atoms with Gasteiger partial charge in [0, 0.05) is 22.6 Å². The molecule has 0 unspecified atom stereocenters. The molecule has 0 aliphatic carbocycles. The fourth-order valence-corrected chi connectivity index (χ4v) is 5.37. The fourth-order valence-electron chi connectivity index (χ4n) is 4.16. The van der Waals surface area contributed by atoms with E-state index in [1.807, 2.05) is 75.4 Å². The van der Waals surface area contributed by atoms with E-state index in [1.165, 1.54) is 4.90 Å². The number of aryl methyl sites for hydroxylation is 1. The molecule has 1 N–H and O–H groups in total. The lowest BCUT2D eigenvalue weighted by atomic mass is 10.0. The van der Waals surface area contributed by atoms with Crippen molar-refractivity contribution in [2.75, 3.05) is 17.1 Å². The zero-order chi connectivity index (χ0) is 27.9. The van der Waals surface area contributed by atoms with E-state index in [4.69, 9.17) is 0 Å². The Morgan fingerprint density at radius 2 is 1.55 bits per heavy atom. The molecule has 0 aliphatic rings. The minimum Gasteiger partial charge on any atom is -0.352 e. The third kappa shape index (κ3) is 8.56. The summed E-state index contributed by atoms with van der Waals surface area (Å²) in [4.78, 5) is 29.0. The first-order valence-corrected chi connectivity index (χ1v) is 15.3. The fraction of sp³-hybridized carbons (Fsp3) is 0.310. The molecule has 38 heavy (non-hydrogen) atoms. The summed E-state index contributed by atoms with van der Waals surface area (Å²) >= 11 is 2.14. The summed E-state index contributed by atoms with van der Waals surface area (Å²) in [6.45, 7) is 5.43. The highest BCUT2D eigenvalue weighted by atomic mass is 127. The number of anilines is 1. The van der Waals surface area contributed by atoms with Gasteiger partial charge in [0.2, 0.25) is 21.8 Å². The Balaban J connectivity index is 2.05. The Bertz CT molecular complexity index is 1350. The van der Waals surface area contributed by atoms with Crippen LogP contribution in [0.2, 0.25) is 0 Å². The van der Waals surface area contributed by atoms with Crippen LogP contribution in [-0.2, 0) is 32.6 Å². The number of amides is 2. The molecule has 3 rings (SSSR count). The molecule has 0 heterocycles. The van der Waals surface area contributed by atoms with Gasteiger partial charge in [-0.05, 0) is 78.8 Å². The zero-order valence-electron chi connectivity index (χ0n) is 22.1. The van der Waals surface area contributed by atoms with Crippen LogP contribution in [0.3, 0.4) is 0 Å². The average molecular weight is 648 g/mol. The minimum absolute atomic E-state index is 0.129. The molecule has 202 valence electrons. The molecule has 3 aromatic carbocycles. The van der Waals surface area contributed by atoms with E-state index in [-0.39, 0.29) is 18.5 Å². The molecule has 9 heteroatoms. The Kier molecular flexibility index (Phi) is 10.3. The number of rotatable bonds is 11. The van der Waals surface area contributed by atoms with Gasteiger partial charge in [-0.2, -0.15) is 0 Å². The third-order valence-electron chi connectivity index (χ3n) is 5.93. The Hall–Kier alpha value is -2.92. The average Bonchev–Trinajstić information content (AvgIpc) is 2.85. The molecule has 7 nitrogen and oxygen atoms in total. The number of nitrogens with zero attached hydrogens (tertiary/aromatic N) is 2. The molecule has 0 saturated carbocycles. The van der Waals surface area contributed by atoms with E-state index in [2.05, 4.69) is 27.9 Å². The predicted octanol–water partition coefficient (Wildman–Crippen LogP) is 4.53. The number of hydrogen-bond donors (Lipinski definition) is 1. The lowest BCUT2D eigenvalue weighted by Gasteiger charge is -2.34. The summed E-state index contributed by atoms with van der Waals surface area (Å²) in [5.74, 6) is -0.750. The SMILES string of the molecule is Cc1cccc(CN(C(=O)CN(c2ccc(I)cc2)S(C)(=O)=O)[C@H](Cc2ccccc2)C(=O)NC(C)C)c1. The van der Waals surface area contributed by atoms with Crippen molar-refractivity contribution in [1.82, 2.24) is 10.2 Å². The van der Waals surface area contributed by atoms with Crippen molar-refractivity contribution >= 4 is 50.1 Å². The number of benzene rings is 3. The predicted molar refractivity (Wildman–Crippen MR) is 160 cm³/mol. The van der Waals surface area contributed by atoms with Crippen molar-refractivity contribution < 1.29 is 18.0 Å². The molecular formula is C29H34IN3O4S. The highest BCUT2D eigenvalue weighted by Gasteiger charge is 2.33. The van der Waals surface area contributed by atoms with E-state index in [9.17, 15) is 18.0 Å². The molecule has 3 aromatic rings. The van der Waals surface area contributed by atoms with Crippen molar-refractivity contribution in [2.24, 2.45) is 0 Å². The van der Waals surface area contributed by atoms with Crippen LogP contribution in [-0.4, -0.2) is 50.0 Å². The topological polar surface area (TPSA) is 86.8 Å². The largest absolute Gasteiger partial charge is 0.352 e. The normalized spacial score (nSPS) is 12.2. The van der Waals surface area contributed by atoms with Gasteiger partial charge in [-0.3, -0.25) is 13.9 Å². The summed E-state index contributed by atoms with van der Waals surface area (Å²) in [6, 6.07) is 23.2. The van der Waals surface area contributed by atoms with Crippen LogP contribution >= 0.6 is 22.6 Å². The second-order valence-electron chi connectivity index (χ2n) is 9.63. The molecule has 0 bridgehead atoms. The lowest BCUT2D eigenvalue weighted by Crippen LogP contribution is -2.54. The van der Waals surface area contributed by atoms with Crippen molar-refractivity contribution in [2.45, 2.75) is 45.8 Å². The van der Waals surface area contributed by atoms with Crippen molar-refractivity contribution in [1.29, 1.82) is 0 Å². The Morgan fingerprint density at radius 1 is 0.921 bits per heavy atom. The minimum atomic E-state index is -3.78. The quantitative estimate of drug-likeness (QED) is 0.310. The number of nitrogens with one attached hydrogen (secondary N) is 1. The summed E-state index contributed by atoms with van der Waals surface area (Å²) < 4.78 is 27.6. The molecule has 0 saturated heterocycles. The van der Waals surface area contributed by atoms with Gasteiger partial charge in [0.25, 0.3) is 0 Å². The maximum absolute atomic E-state index is 14.0. The van der Waals surface area contributed by atoms with E-state index in [1.54, 1.807) is 24.3 Å². The van der Waals surface area contributed by atoms with E-state index in [0.29, 0.717) is 12.1 Å². The number of carbonyl (C=O) groups excluding carboxylic acids is 2. The molecule has 0 aliphatic heterocycles. The summed E-state index contributed by atoms with van der Waals surface area (Å²) in [6.07, 6.45) is 1.37. The zero-order valence-corrected chi connectivity index (χ0v) is 25.1. The second kappa shape index (κ2) is 13.2.